The summed E-state index contributed by atoms with van der Waals surface area (Å²) < 4.78 is 3.83. The Morgan fingerprint density at radius 3 is 2.81 bits per heavy atom. The van der Waals surface area contributed by atoms with Gasteiger partial charge in [-0.15, -0.1) is 0 Å². The number of aryl methyl sites for hydroxylation is 2. The number of nitrogens with zero attached hydrogens (tertiary/aromatic N) is 5. The van der Waals surface area contributed by atoms with Crippen molar-refractivity contribution >= 4 is 5.65 Å². The highest BCUT2D eigenvalue weighted by molar-refractivity contribution is 5.48. The summed E-state index contributed by atoms with van der Waals surface area (Å²) in [6.45, 7) is 3.95. The van der Waals surface area contributed by atoms with Crippen LogP contribution in [0.2, 0.25) is 0 Å². The maximum Gasteiger partial charge on any atom is 0.139 e. The molecule has 0 unspecified atom stereocenters. The molecule has 0 atom stereocenters. The molecule has 0 radical (unpaired) electrons. The second kappa shape index (κ2) is 3.16. The van der Waals surface area contributed by atoms with Crippen LogP contribution in [0.4, 0.5) is 0 Å². The molecule has 0 aliphatic carbocycles. The SMILES string of the molecule is Cc1ncnn1-c1ccn2c(C)cnc2c1. The number of hydrogen-bond donors (Lipinski definition) is 0. The zero-order chi connectivity index (χ0) is 11.1. The first-order valence-electron chi connectivity index (χ1n) is 5.06. The van der Waals surface area contributed by atoms with E-state index in [4.69, 9.17) is 0 Å². The lowest BCUT2D eigenvalue weighted by molar-refractivity contribution is 0.837. The fourth-order valence-corrected chi connectivity index (χ4v) is 1.78. The maximum absolute atomic E-state index is 4.32. The van der Waals surface area contributed by atoms with Gasteiger partial charge in [-0.2, -0.15) is 5.10 Å². The average molecular weight is 213 g/mol. The molecular formula is C11H11N5. The Balaban J connectivity index is 2.23. The van der Waals surface area contributed by atoms with Crippen molar-refractivity contribution in [1.29, 1.82) is 0 Å². The van der Waals surface area contributed by atoms with E-state index in [1.165, 1.54) is 0 Å². The van der Waals surface area contributed by atoms with E-state index in [0.29, 0.717) is 0 Å². The number of rotatable bonds is 1. The van der Waals surface area contributed by atoms with E-state index in [1.807, 2.05) is 42.8 Å². The lowest BCUT2D eigenvalue weighted by Crippen LogP contribution is -2.00. The molecule has 3 heterocycles. The third-order valence-electron chi connectivity index (χ3n) is 2.64. The molecule has 0 N–H and O–H groups in total. The van der Waals surface area contributed by atoms with Gasteiger partial charge in [-0.25, -0.2) is 14.6 Å². The first kappa shape index (κ1) is 9.08. The number of aromatic nitrogens is 5. The lowest BCUT2D eigenvalue weighted by Gasteiger charge is -2.03. The predicted molar refractivity (Wildman–Crippen MR) is 59.6 cm³/mol. The van der Waals surface area contributed by atoms with Crippen LogP contribution in [-0.2, 0) is 0 Å². The van der Waals surface area contributed by atoms with E-state index in [0.717, 1.165) is 22.9 Å². The Bertz CT molecular complexity index is 649. The molecule has 0 amide bonds. The minimum Gasteiger partial charge on any atom is -0.304 e. The van der Waals surface area contributed by atoms with Crippen molar-refractivity contribution in [3.8, 4) is 5.69 Å². The zero-order valence-electron chi connectivity index (χ0n) is 9.12. The topological polar surface area (TPSA) is 48.0 Å². The Labute approximate surface area is 92.4 Å². The van der Waals surface area contributed by atoms with Gasteiger partial charge in [-0.1, -0.05) is 0 Å². The first-order chi connectivity index (χ1) is 7.75. The van der Waals surface area contributed by atoms with Crippen molar-refractivity contribution in [2.24, 2.45) is 0 Å². The van der Waals surface area contributed by atoms with Gasteiger partial charge in [0.2, 0.25) is 0 Å². The Kier molecular flexibility index (Phi) is 1.80. The Morgan fingerprint density at radius 1 is 1.19 bits per heavy atom. The molecule has 0 spiro atoms. The summed E-state index contributed by atoms with van der Waals surface area (Å²) in [6.07, 6.45) is 5.40. The molecule has 80 valence electrons. The molecule has 0 aliphatic heterocycles. The van der Waals surface area contributed by atoms with E-state index in [1.54, 1.807) is 11.0 Å². The maximum atomic E-state index is 4.32. The highest BCUT2D eigenvalue weighted by Gasteiger charge is 2.04. The summed E-state index contributed by atoms with van der Waals surface area (Å²) in [4.78, 5) is 8.42. The van der Waals surface area contributed by atoms with Crippen molar-refractivity contribution in [1.82, 2.24) is 24.1 Å². The third-order valence-corrected chi connectivity index (χ3v) is 2.64. The van der Waals surface area contributed by atoms with Crippen molar-refractivity contribution in [2.45, 2.75) is 13.8 Å². The summed E-state index contributed by atoms with van der Waals surface area (Å²) in [5.74, 6) is 0.868. The average Bonchev–Trinajstić information content (AvgIpc) is 2.86. The molecule has 5 heteroatoms. The van der Waals surface area contributed by atoms with Crippen LogP contribution in [0.1, 0.15) is 11.5 Å². The summed E-state index contributed by atoms with van der Waals surface area (Å²) in [6, 6.07) is 4.00. The van der Waals surface area contributed by atoms with E-state index in [2.05, 4.69) is 15.1 Å². The molecule has 0 bridgehead atoms. The molecule has 0 saturated heterocycles. The number of pyridine rings is 1. The van der Waals surface area contributed by atoms with Crippen LogP contribution in [0.3, 0.4) is 0 Å². The van der Waals surface area contributed by atoms with Crippen LogP contribution in [0.25, 0.3) is 11.3 Å². The van der Waals surface area contributed by atoms with Gasteiger partial charge in [-0.3, -0.25) is 0 Å². The van der Waals surface area contributed by atoms with Crippen molar-refractivity contribution in [2.75, 3.05) is 0 Å². The zero-order valence-corrected chi connectivity index (χ0v) is 9.12. The number of hydrogen-bond acceptors (Lipinski definition) is 3. The van der Waals surface area contributed by atoms with Gasteiger partial charge in [-0.05, 0) is 19.9 Å². The highest BCUT2D eigenvalue weighted by atomic mass is 15.3. The number of fused-ring (bicyclic) bond motifs is 1. The first-order valence-corrected chi connectivity index (χ1v) is 5.06. The van der Waals surface area contributed by atoms with E-state index in [-0.39, 0.29) is 0 Å². The minimum atomic E-state index is 0.868. The molecule has 3 rings (SSSR count). The minimum absolute atomic E-state index is 0.868. The van der Waals surface area contributed by atoms with Crippen LogP contribution in [0.15, 0.2) is 30.9 Å². The quantitative estimate of drug-likeness (QED) is 0.616. The van der Waals surface area contributed by atoms with Crippen LogP contribution < -0.4 is 0 Å². The molecule has 3 aromatic heterocycles. The van der Waals surface area contributed by atoms with Crippen molar-refractivity contribution in [3.05, 3.63) is 42.4 Å². The predicted octanol–water partition coefficient (Wildman–Crippen LogP) is 1.53. The van der Waals surface area contributed by atoms with Crippen molar-refractivity contribution < 1.29 is 0 Å². The molecule has 0 aliphatic rings. The summed E-state index contributed by atoms with van der Waals surface area (Å²) >= 11 is 0. The van der Waals surface area contributed by atoms with Gasteiger partial charge in [0, 0.05) is 24.2 Å². The molecular weight excluding hydrogens is 202 g/mol. The molecule has 3 aromatic rings. The molecule has 5 nitrogen and oxygen atoms in total. The third kappa shape index (κ3) is 1.21. The van der Waals surface area contributed by atoms with Crippen LogP contribution in [0.5, 0.6) is 0 Å². The van der Waals surface area contributed by atoms with Gasteiger partial charge >= 0.3 is 0 Å². The standard InChI is InChI=1S/C11H11N5/c1-8-6-12-11-5-10(3-4-15(8)11)16-9(2)13-7-14-16/h3-7H,1-2H3. The van der Waals surface area contributed by atoms with Gasteiger partial charge < -0.3 is 4.40 Å². The fourth-order valence-electron chi connectivity index (χ4n) is 1.78. The fraction of sp³-hybridized carbons (Fsp3) is 0.182. The van der Waals surface area contributed by atoms with Gasteiger partial charge in [0.1, 0.15) is 17.8 Å². The Morgan fingerprint density at radius 2 is 2.06 bits per heavy atom. The summed E-state index contributed by atoms with van der Waals surface area (Å²) in [5.41, 5.74) is 3.02. The van der Waals surface area contributed by atoms with Gasteiger partial charge in [0.05, 0.1) is 5.69 Å². The molecule has 0 aromatic carbocycles. The van der Waals surface area contributed by atoms with E-state index >= 15 is 0 Å². The largest absolute Gasteiger partial charge is 0.304 e. The summed E-state index contributed by atoms with van der Waals surface area (Å²) in [5, 5.41) is 4.17. The second-order valence-corrected chi connectivity index (χ2v) is 3.73. The van der Waals surface area contributed by atoms with Crippen LogP contribution in [0, 0.1) is 13.8 Å². The van der Waals surface area contributed by atoms with E-state index < -0.39 is 0 Å². The van der Waals surface area contributed by atoms with Crippen LogP contribution >= 0.6 is 0 Å². The Hall–Kier alpha value is -2.17. The van der Waals surface area contributed by atoms with Crippen LogP contribution in [-0.4, -0.2) is 24.1 Å². The molecule has 0 fully saturated rings. The monoisotopic (exact) mass is 213 g/mol. The van der Waals surface area contributed by atoms with Gasteiger partial charge in [0.25, 0.3) is 0 Å². The lowest BCUT2D eigenvalue weighted by atomic mass is 10.4. The van der Waals surface area contributed by atoms with Crippen molar-refractivity contribution in [3.63, 3.8) is 0 Å². The normalized spacial score (nSPS) is 11.1. The molecule has 16 heavy (non-hydrogen) atoms. The highest BCUT2D eigenvalue weighted by Crippen LogP contribution is 2.12. The smallest absolute Gasteiger partial charge is 0.139 e. The van der Waals surface area contributed by atoms with Gasteiger partial charge in [0.15, 0.2) is 0 Å². The number of imidazole rings is 1. The molecule has 0 saturated carbocycles. The van der Waals surface area contributed by atoms with E-state index in [9.17, 15) is 0 Å². The summed E-state index contributed by atoms with van der Waals surface area (Å²) in [7, 11) is 0. The second-order valence-electron chi connectivity index (χ2n) is 3.73.